The molecular weight excluding hydrogens is 305 g/mol. The quantitative estimate of drug-likeness (QED) is 0.773. The minimum atomic E-state index is -0.238. The first-order valence-corrected chi connectivity index (χ1v) is 7.18. The number of rotatable bonds is 3. The Labute approximate surface area is 136 Å². The summed E-state index contributed by atoms with van der Waals surface area (Å²) in [7, 11) is 0. The van der Waals surface area contributed by atoms with Crippen LogP contribution in [-0.2, 0) is 17.8 Å². The number of fused-ring (bicyclic) bond motifs is 1. The minimum Gasteiger partial charge on any atom is -1.00 e. The van der Waals surface area contributed by atoms with E-state index in [0.29, 0.717) is 6.54 Å². The SMILES string of the molecule is O=C(Cl)C1Cc2ccccc2N(Cc2ccccc2)C1.[Cl-]. The molecular formula is C17H16Cl2NO-. The van der Waals surface area contributed by atoms with Crippen LogP contribution in [0.3, 0.4) is 0 Å². The molecule has 0 bridgehead atoms. The molecule has 0 aromatic heterocycles. The third-order valence-corrected chi connectivity index (χ3v) is 4.09. The molecule has 0 N–H and O–H groups in total. The predicted octanol–water partition coefficient (Wildman–Crippen LogP) is 0.635. The van der Waals surface area contributed by atoms with Gasteiger partial charge in [0, 0.05) is 18.8 Å². The number of hydrogen-bond donors (Lipinski definition) is 0. The van der Waals surface area contributed by atoms with Crippen LogP contribution in [-0.4, -0.2) is 11.8 Å². The molecule has 0 fully saturated rings. The number of para-hydroxylation sites is 1. The van der Waals surface area contributed by atoms with Gasteiger partial charge in [-0.15, -0.1) is 0 Å². The van der Waals surface area contributed by atoms with Gasteiger partial charge < -0.3 is 17.3 Å². The molecule has 1 aliphatic rings. The second kappa shape index (κ2) is 6.97. The Morgan fingerprint density at radius 3 is 2.48 bits per heavy atom. The fourth-order valence-electron chi connectivity index (χ4n) is 2.79. The summed E-state index contributed by atoms with van der Waals surface area (Å²) in [5.74, 6) is -0.115. The molecule has 2 aromatic carbocycles. The Morgan fingerprint density at radius 2 is 1.76 bits per heavy atom. The van der Waals surface area contributed by atoms with Crippen molar-refractivity contribution in [3.63, 3.8) is 0 Å². The smallest absolute Gasteiger partial charge is 0.226 e. The molecule has 0 spiro atoms. The fraction of sp³-hybridized carbons (Fsp3) is 0.235. The minimum absolute atomic E-state index is 0. The van der Waals surface area contributed by atoms with Gasteiger partial charge in [0.05, 0.1) is 5.92 Å². The largest absolute Gasteiger partial charge is 1.00 e. The van der Waals surface area contributed by atoms with Crippen molar-refractivity contribution in [1.29, 1.82) is 0 Å². The molecule has 21 heavy (non-hydrogen) atoms. The van der Waals surface area contributed by atoms with Crippen LogP contribution in [0.5, 0.6) is 0 Å². The summed E-state index contributed by atoms with van der Waals surface area (Å²) >= 11 is 5.73. The Morgan fingerprint density at radius 1 is 1.10 bits per heavy atom. The Kier molecular flexibility index (Phi) is 5.27. The van der Waals surface area contributed by atoms with Crippen LogP contribution in [0.25, 0.3) is 0 Å². The van der Waals surface area contributed by atoms with Gasteiger partial charge in [-0.2, -0.15) is 0 Å². The molecule has 4 heteroatoms. The van der Waals surface area contributed by atoms with Crippen molar-refractivity contribution in [2.24, 2.45) is 5.92 Å². The van der Waals surface area contributed by atoms with Gasteiger partial charge in [0.1, 0.15) is 0 Å². The third kappa shape index (κ3) is 3.58. The maximum absolute atomic E-state index is 11.5. The lowest BCUT2D eigenvalue weighted by Crippen LogP contribution is -3.00. The molecule has 0 radical (unpaired) electrons. The highest BCUT2D eigenvalue weighted by Gasteiger charge is 2.27. The van der Waals surface area contributed by atoms with Crippen molar-refractivity contribution in [2.75, 3.05) is 11.4 Å². The molecule has 110 valence electrons. The van der Waals surface area contributed by atoms with Crippen LogP contribution in [0.1, 0.15) is 11.1 Å². The Hall–Kier alpha value is -1.51. The maximum Gasteiger partial charge on any atom is 0.226 e. The molecule has 1 atom stereocenters. The van der Waals surface area contributed by atoms with E-state index in [1.807, 2.05) is 30.3 Å². The summed E-state index contributed by atoms with van der Waals surface area (Å²) in [4.78, 5) is 13.8. The number of anilines is 1. The molecule has 0 saturated heterocycles. The van der Waals surface area contributed by atoms with Gasteiger partial charge in [-0.3, -0.25) is 4.79 Å². The van der Waals surface area contributed by atoms with E-state index in [4.69, 9.17) is 11.6 Å². The van der Waals surface area contributed by atoms with E-state index in [0.717, 1.165) is 13.0 Å². The second-order valence-corrected chi connectivity index (χ2v) is 5.57. The van der Waals surface area contributed by atoms with Crippen LogP contribution in [0.15, 0.2) is 54.6 Å². The zero-order chi connectivity index (χ0) is 13.9. The summed E-state index contributed by atoms with van der Waals surface area (Å²) in [5, 5.41) is -0.238. The summed E-state index contributed by atoms with van der Waals surface area (Å²) in [5.41, 5.74) is 3.66. The second-order valence-electron chi connectivity index (χ2n) is 5.20. The van der Waals surface area contributed by atoms with Crippen molar-refractivity contribution in [3.05, 3.63) is 65.7 Å². The van der Waals surface area contributed by atoms with Crippen molar-refractivity contribution in [2.45, 2.75) is 13.0 Å². The number of benzene rings is 2. The summed E-state index contributed by atoms with van der Waals surface area (Å²) in [6.07, 6.45) is 0.740. The van der Waals surface area contributed by atoms with Crippen LogP contribution in [0, 0.1) is 5.92 Å². The number of halogens is 2. The van der Waals surface area contributed by atoms with Crippen LogP contribution >= 0.6 is 11.6 Å². The molecule has 0 saturated carbocycles. The molecule has 2 nitrogen and oxygen atoms in total. The van der Waals surface area contributed by atoms with Gasteiger partial charge in [0.15, 0.2) is 0 Å². The van der Waals surface area contributed by atoms with Gasteiger partial charge in [0.25, 0.3) is 0 Å². The fourth-order valence-corrected chi connectivity index (χ4v) is 2.94. The summed E-state index contributed by atoms with van der Waals surface area (Å²) < 4.78 is 0. The average Bonchev–Trinajstić information content (AvgIpc) is 2.48. The Balaban J connectivity index is 0.00000161. The molecule has 1 heterocycles. The highest BCUT2D eigenvalue weighted by Crippen LogP contribution is 2.31. The van der Waals surface area contributed by atoms with E-state index in [-0.39, 0.29) is 23.6 Å². The zero-order valence-electron chi connectivity index (χ0n) is 11.5. The molecule has 1 unspecified atom stereocenters. The van der Waals surface area contributed by atoms with E-state index < -0.39 is 0 Å². The summed E-state index contributed by atoms with van der Waals surface area (Å²) in [6.45, 7) is 1.49. The zero-order valence-corrected chi connectivity index (χ0v) is 13.0. The van der Waals surface area contributed by atoms with E-state index in [1.54, 1.807) is 0 Å². The van der Waals surface area contributed by atoms with Gasteiger partial charge in [0.2, 0.25) is 5.24 Å². The van der Waals surface area contributed by atoms with Gasteiger partial charge in [-0.25, -0.2) is 0 Å². The van der Waals surface area contributed by atoms with E-state index in [9.17, 15) is 4.79 Å². The standard InChI is InChI=1S/C17H16ClNO.ClH/c18-17(20)15-10-14-8-4-5-9-16(14)19(12-15)11-13-6-2-1-3-7-13;/h1-9,15H,10-12H2;1H/p-1. The van der Waals surface area contributed by atoms with Crippen molar-refractivity contribution < 1.29 is 17.2 Å². The predicted molar refractivity (Wildman–Crippen MR) is 82.0 cm³/mol. The van der Waals surface area contributed by atoms with Crippen molar-refractivity contribution in [3.8, 4) is 0 Å². The van der Waals surface area contributed by atoms with Crippen molar-refractivity contribution in [1.82, 2.24) is 0 Å². The topological polar surface area (TPSA) is 20.3 Å². The van der Waals surface area contributed by atoms with Gasteiger partial charge >= 0.3 is 0 Å². The third-order valence-electron chi connectivity index (χ3n) is 3.78. The molecule has 3 rings (SSSR count). The molecule has 0 aliphatic carbocycles. The molecule has 0 amide bonds. The van der Waals surface area contributed by atoms with Crippen molar-refractivity contribution >= 4 is 22.5 Å². The average molecular weight is 321 g/mol. The maximum atomic E-state index is 11.5. The molecule has 1 aliphatic heterocycles. The number of nitrogens with zero attached hydrogens (tertiary/aromatic N) is 1. The first-order chi connectivity index (χ1) is 9.74. The van der Waals surface area contributed by atoms with E-state index >= 15 is 0 Å². The monoisotopic (exact) mass is 320 g/mol. The Bertz CT molecular complexity index is 615. The number of hydrogen-bond acceptors (Lipinski definition) is 2. The first-order valence-electron chi connectivity index (χ1n) is 6.80. The van der Waals surface area contributed by atoms with Gasteiger partial charge in [-0.05, 0) is 35.2 Å². The molecule has 2 aromatic rings. The highest BCUT2D eigenvalue weighted by molar-refractivity contribution is 6.64. The normalized spacial score (nSPS) is 16.8. The number of carbonyl (C=O) groups excluding carboxylic acids is 1. The lowest BCUT2D eigenvalue weighted by Gasteiger charge is -2.34. The lowest BCUT2D eigenvalue weighted by atomic mass is 9.93. The van der Waals surface area contributed by atoms with Gasteiger partial charge in [-0.1, -0.05) is 48.5 Å². The van der Waals surface area contributed by atoms with E-state index in [2.05, 4.69) is 29.2 Å². The van der Waals surface area contributed by atoms with Crippen LogP contribution in [0.4, 0.5) is 5.69 Å². The van der Waals surface area contributed by atoms with Crippen LogP contribution in [0.2, 0.25) is 0 Å². The summed E-state index contributed by atoms with van der Waals surface area (Å²) in [6, 6.07) is 18.6. The lowest BCUT2D eigenvalue weighted by molar-refractivity contribution is -0.115. The van der Waals surface area contributed by atoms with Crippen LogP contribution < -0.4 is 17.3 Å². The number of carbonyl (C=O) groups is 1. The van der Waals surface area contributed by atoms with E-state index in [1.165, 1.54) is 16.8 Å². The first kappa shape index (κ1) is 15.9. The highest BCUT2D eigenvalue weighted by atomic mass is 35.5.